The summed E-state index contributed by atoms with van der Waals surface area (Å²) in [5, 5.41) is 13.4. The van der Waals surface area contributed by atoms with Crippen molar-refractivity contribution in [1.82, 2.24) is 10.3 Å². The molecule has 0 bridgehead atoms. The molecule has 1 unspecified atom stereocenters. The number of para-hydroxylation sites is 1. The monoisotopic (exact) mass is 246 g/mol. The Kier molecular flexibility index (Phi) is 3.99. The number of carboxylic acid groups (broad SMARTS) is 1. The summed E-state index contributed by atoms with van der Waals surface area (Å²) in [5.41, 5.74) is 1.77. The molecule has 4 heteroatoms. The van der Waals surface area contributed by atoms with Gasteiger partial charge in [0.2, 0.25) is 0 Å². The van der Waals surface area contributed by atoms with Crippen LogP contribution >= 0.6 is 0 Å². The number of aromatic amines is 1. The van der Waals surface area contributed by atoms with Gasteiger partial charge in [-0.3, -0.25) is 4.79 Å². The molecule has 2 aromatic rings. The maximum absolute atomic E-state index is 11.4. The summed E-state index contributed by atoms with van der Waals surface area (Å²) in [6.07, 6.45) is 3.81. The molecule has 0 aliphatic rings. The predicted molar refractivity (Wildman–Crippen MR) is 71.6 cm³/mol. The molecule has 18 heavy (non-hydrogen) atoms. The van der Waals surface area contributed by atoms with Crippen LogP contribution in [0, 0.1) is 0 Å². The lowest BCUT2D eigenvalue weighted by molar-refractivity contribution is -0.139. The molecule has 1 atom stereocenters. The van der Waals surface area contributed by atoms with Gasteiger partial charge in [-0.2, -0.15) is 0 Å². The van der Waals surface area contributed by atoms with E-state index in [0.29, 0.717) is 6.54 Å². The van der Waals surface area contributed by atoms with Crippen molar-refractivity contribution in [2.24, 2.45) is 0 Å². The Hall–Kier alpha value is -1.81. The van der Waals surface area contributed by atoms with Gasteiger partial charge in [0.25, 0.3) is 0 Å². The molecule has 0 amide bonds. The van der Waals surface area contributed by atoms with E-state index in [2.05, 4.69) is 17.2 Å². The second-order valence-corrected chi connectivity index (χ2v) is 4.37. The molecule has 0 aliphatic carbocycles. The number of nitrogens with one attached hydrogen (secondary N) is 2. The quantitative estimate of drug-likeness (QED) is 0.686. The van der Waals surface area contributed by atoms with Gasteiger partial charge in [0.1, 0.15) is 6.04 Å². The Morgan fingerprint density at radius 2 is 2.22 bits per heavy atom. The van der Waals surface area contributed by atoms with Crippen LogP contribution in [0.5, 0.6) is 0 Å². The summed E-state index contributed by atoms with van der Waals surface area (Å²) < 4.78 is 0. The number of rotatable bonds is 6. The van der Waals surface area contributed by atoms with E-state index in [1.807, 2.05) is 24.3 Å². The van der Waals surface area contributed by atoms with Crippen molar-refractivity contribution in [3.05, 3.63) is 36.0 Å². The Bertz CT molecular complexity index is 533. The number of carboxylic acids is 1. The van der Waals surface area contributed by atoms with E-state index < -0.39 is 12.0 Å². The van der Waals surface area contributed by atoms with Crippen LogP contribution in [0.4, 0.5) is 0 Å². The molecule has 0 saturated carbocycles. The third-order valence-electron chi connectivity index (χ3n) is 3.06. The van der Waals surface area contributed by atoms with Gasteiger partial charge in [0.05, 0.1) is 0 Å². The molecule has 2 rings (SSSR count). The van der Waals surface area contributed by atoms with Gasteiger partial charge in [-0.25, -0.2) is 0 Å². The van der Waals surface area contributed by atoms with Gasteiger partial charge in [0, 0.05) is 22.7 Å². The lowest BCUT2D eigenvalue weighted by Crippen LogP contribution is -2.29. The third kappa shape index (κ3) is 2.54. The average molecular weight is 246 g/mol. The Morgan fingerprint density at radius 3 is 2.94 bits per heavy atom. The zero-order chi connectivity index (χ0) is 13.0. The topological polar surface area (TPSA) is 65.1 Å². The highest BCUT2D eigenvalue weighted by Crippen LogP contribution is 2.24. The zero-order valence-electron chi connectivity index (χ0n) is 10.4. The molecular weight excluding hydrogens is 228 g/mol. The number of benzene rings is 1. The van der Waals surface area contributed by atoms with Crippen LogP contribution in [0.1, 0.15) is 31.4 Å². The Morgan fingerprint density at radius 1 is 1.44 bits per heavy atom. The first-order valence-electron chi connectivity index (χ1n) is 6.26. The van der Waals surface area contributed by atoms with E-state index in [1.165, 1.54) is 0 Å². The molecule has 3 N–H and O–H groups in total. The maximum Gasteiger partial charge on any atom is 0.325 e. The van der Waals surface area contributed by atoms with Crippen molar-refractivity contribution >= 4 is 16.9 Å². The van der Waals surface area contributed by atoms with Crippen LogP contribution in [0.2, 0.25) is 0 Å². The number of fused-ring (bicyclic) bond motifs is 1. The van der Waals surface area contributed by atoms with Crippen molar-refractivity contribution in [2.75, 3.05) is 6.54 Å². The van der Waals surface area contributed by atoms with Crippen LogP contribution in [0.25, 0.3) is 10.9 Å². The summed E-state index contributed by atoms with van der Waals surface area (Å²) in [6.45, 7) is 2.80. The first-order chi connectivity index (χ1) is 8.74. The summed E-state index contributed by atoms with van der Waals surface area (Å²) in [5.74, 6) is -0.837. The van der Waals surface area contributed by atoms with Crippen molar-refractivity contribution < 1.29 is 9.90 Å². The second kappa shape index (κ2) is 5.69. The van der Waals surface area contributed by atoms with Crippen LogP contribution in [0.3, 0.4) is 0 Å². The summed E-state index contributed by atoms with van der Waals surface area (Å²) in [6, 6.07) is 7.10. The summed E-state index contributed by atoms with van der Waals surface area (Å²) in [4.78, 5) is 14.5. The van der Waals surface area contributed by atoms with E-state index in [0.717, 1.165) is 29.3 Å². The molecule has 0 fully saturated rings. The minimum atomic E-state index is -0.837. The molecule has 0 saturated heterocycles. The third-order valence-corrected chi connectivity index (χ3v) is 3.06. The van der Waals surface area contributed by atoms with Gasteiger partial charge in [0.15, 0.2) is 0 Å². The fourth-order valence-electron chi connectivity index (χ4n) is 2.09. The van der Waals surface area contributed by atoms with Crippen LogP contribution < -0.4 is 5.32 Å². The molecule has 0 radical (unpaired) electrons. The standard InChI is InChI=1S/C14H18N2O2/c1-2-3-8-15-13(14(17)18)11-9-16-12-7-5-4-6-10(11)12/h4-7,9,13,15-16H,2-3,8H2,1H3,(H,17,18). The molecule has 0 spiro atoms. The second-order valence-electron chi connectivity index (χ2n) is 4.37. The van der Waals surface area contributed by atoms with E-state index in [4.69, 9.17) is 0 Å². The number of unbranched alkanes of at least 4 members (excludes halogenated alkanes) is 1. The summed E-state index contributed by atoms with van der Waals surface area (Å²) >= 11 is 0. The van der Waals surface area contributed by atoms with Crippen molar-refractivity contribution in [2.45, 2.75) is 25.8 Å². The number of hydrogen-bond donors (Lipinski definition) is 3. The van der Waals surface area contributed by atoms with Crippen molar-refractivity contribution in [3.63, 3.8) is 0 Å². The number of hydrogen-bond acceptors (Lipinski definition) is 2. The van der Waals surface area contributed by atoms with E-state index in [9.17, 15) is 9.90 Å². The number of aliphatic carboxylic acids is 1. The minimum Gasteiger partial charge on any atom is -0.480 e. The zero-order valence-corrected chi connectivity index (χ0v) is 10.4. The summed E-state index contributed by atoms with van der Waals surface area (Å²) in [7, 11) is 0. The van der Waals surface area contributed by atoms with Crippen molar-refractivity contribution in [3.8, 4) is 0 Å². The van der Waals surface area contributed by atoms with E-state index in [-0.39, 0.29) is 0 Å². The van der Waals surface area contributed by atoms with Crippen molar-refractivity contribution in [1.29, 1.82) is 0 Å². The largest absolute Gasteiger partial charge is 0.480 e. The fourth-order valence-corrected chi connectivity index (χ4v) is 2.09. The minimum absolute atomic E-state index is 0.646. The molecular formula is C14H18N2O2. The molecule has 0 aliphatic heterocycles. The number of aromatic nitrogens is 1. The lowest BCUT2D eigenvalue weighted by atomic mass is 10.1. The van der Waals surface area contributed by atoms with Gasteiger partial charge in [-0.15, -0.1) is 0 Å². The SMILES string of the molecule is CCCCNC(C(=O)O)c1c[nH]c2ccccc12. The highest BCUT2D eigenvalue weighted by Gasteiger charge is 2.21. The molecule has 4 nitrogen and oxygen atoms in total. The Labute approximate surface area is 106 Å². The highest BCUT2D eigenvalue weighted by molar-refractivity contribution is 5.89. The lowest BCUT2D eigenvalue weighted by Gasteiger charge is -2.13. The van der Waals surface area contributed by atoms with Crippen LogP contribution in [-0.2, 0) is 4.79 Å². The van der Waals surface area contributed by atoms with Crippen LogP contribution in [0.15, 0.2) is 30.5 Å². The maximum atomic E-state index is 11.4. The highest BCUT2D eigenvalue weighted by atomic mass is 16.4. The Balaban J connectivity index is 2.27. The molecule has 96 valence electrons. The molecule has 1 heterocycles. The van der Waals surface area contributed by atoms with Gasteiger partial charge in [-0.05, 0) is 19.0 Å². The van der Waals surface area contributed by atoms with Crippen LogP contribution in [-0.4, -0.2) is 22.6 Å². The normalized spacial score (nSPS) is 12.7. The first-order valence-corrected chi connectivity index (χ1v) is 6.26. The first kappa shape index (κ1) is 12.6. The molecule has 1 aromatic carbocycles. The average Bonchev–Trinajstić information content (AvgIpc) is 2.78. The van der Waals surface area contributed by atoms with Gasteiger partial charge < -0.3 is 15.4 Å². The van der Waals surface area contributed by atoms with E-state index >= 15 is 0 Å². The van der Waals surface area contributed by atoms with Gasteiger partial charge >= 0.3 is 5.97 Å². The predicted octanol–water partition coefficient (Wildman–Crippen LogP) is 2.68. The van der Waals surface area contributed by atoms with E-state index in [1.54, 1.807) is 6.20 Å². The van der Waals surface area contributed by atoms with Gasteiger partial charge in [-0.1, -0.05) is 31.5 Å². The number of carbonyl (C=O) groups is 1. The fraction of sp³-hybridized carbons (Fsp3) is 0.357. The molecule has 1 aromatic heterocycles. The number of H-pyrrole nitrogens is 1. The smallest absolute Gasteiger partial charge is 0.325 e.